The minimum Gasteiger partial charge on any atom is -0.475 e. The highest BCUT2D eigenvalue weighted by Gasteiger charge is 2.34. The maximum absolute atomic E-state index is 12.5. The third-order valence-corrected chi connectivity index (χ3v) is 3.48. The fourth-order valence-corrected chi connectivity index (χ4v) is 2.36. The van der Waals surface area contributed by atoms with Crippen LogP contribution >= 0.6 is 0 Å². The lowest BCUT2D eigenvalue weighted by Crippen LogP contribution is -2.31. The van der Waals surface area contributed by atoms with E-state index in [1.165, 1.54) is 12.1 Å². The van der Waals surface area contributed by atoms with Crippen LogP contribution in [0.25, 0.3) is 0 Å². The predicted octanol–water partition coefficient (Wildman–Crippen LogP) is 3.23. The lowest BCUT2D eigenvalue weighted by Gasteiger charge is -2.26. The predicted molar refractivity (Wildman–Crippen MR) is 69.1 cm³/mol. The smallest absolute Gasteiger partial charge is 0.412 e. The van der Waals surface area contributed by atoms with E-state index >= 15 is 0 Å². The Morgan fingerprint density at radius 2 is 2.19 bits per heavy atom. The summed E-state index contributed by atoms with van der Waals surface area (Å²) >= 11 is 0. The van der Waals surface area contributed by atoms with Crippen molar-refractivity contribution in [3.63, 3.8) is 0 Å². The zero-order valence-corrected chi connectivity index (χ0v) is 11.5. The molecule has 2 heterocycles. The van der Waals surface area contributed by atoms with Crippen LogP contribution in [0, 0.1) is 0 Å². The van der Waals surface area contributed by atoms with Gasteiger partial charge in [-0.15, -0.1) is 0 Å². The van der Waals surface area contributed by atoms with E-state index < -0.39 is 17.7 Å². The van der Waals surface area contributed by atoms with E-state index in [1.54, 1.807) is 0 Å². The van der Waals surface area contributed by atoms with Crippen molar-refractivity contribution in [3.8, 4) is 0 Å². The van der Waals surface area contributed by atoms with Crippen LogP contribution in [-0.2, 0) is 13.0 Å². The second kappa shape index (κ2) is 5.93. The van der Waals surface area contributed by atoms with E-state index in [9.17, 15) is 18.0 Å². The van der Waals surface area contributed by atoms with Gasteiger partial charge in [-0.05, 0) is 12.5 Å². The van der Waals surface area contributed by atoms with E-state index in [-0.39, 0.29) is 18.7 Å². The Labute approximate surface area is 119 Å². The van der Waals surface area contributed by atoms with Gasteiger partial charge in [-0.2, -0.15) is 13.2 Å². The minimum absolute atomic E-state index is 0.0470. The molecule has 0 radical (unpaired) electrons. The summed E-state index contributed by atoms with van der Waals surface area (Å²) in [6, 6.07) is 1.45. The molecule has 0 spiro atoms. The van der Waals surface area contributed by atoms with Gasteiger partial charge in [0.05, 0.1) is 0 Å². The van der Waals surface area contributed by atoms with Gasteiger partial charge in [-0.3, -0.25) is 4.90 Å². The summed E-state index contributed by atoms with van der Waals surface area (Å²) < 4.78 is 42.8. The third-order valence-electron chi connectivity index (χ3n) is 3.48. The summed E-state index contributed by atoms with van der Waals surface area (Å²) in [6.07, 6.45) is -2.57. The summed E-state index contributed by atoms with van der Waals surface area (Å²) in [5.74, 6) is -0.711. The maximum Gasteiger partial charge on any atom is 0.412 e. The fraction of sp³-hybridized carbons (Fsp3) is 0.500. The number of hydrogen-bond donors (Lipinski definition) is 1. The molecule has 0 atom stereocenters. The molecule has 1 N–H and O–H groups in total. The number of carboxylic acids is 1. The van der Waals surface area contributed by atoms with Crippen molar-refractivity contribution < 1.29 is 27.5 Å². The largest absolute Gasteiger partial charge is 0.475 e. The summed E-state index contributed by atoms with van der Waals surface area (Å²) in [5.41, 5.74) is 0.228. The molecule has 0 saturated heterocycles. The van der Waals surface area contributed by atoms with E-state index in [2.05, 4.69) is 0 Å². The van der Waals surface area contributed by atoms with Crippen LogP contribution < -0.4 is 0 Å². The van der Waals surface area contributed by atoms with E-state index in [0.717, 1.165) is 5.56 Å². The number of hydrogen-bond acceptors (Lipinski definition) is 3. The van der Waals surface area contributed by atoms with E-state index in [4.69, 9.17) is 9.52 Å². The molecule has 1 aliphatic heterocycles. The van der Waals surface area contributed by atoms with Gasteiger partial charge < -0.3 is 9.52 Å². The third kappa shape index (κ3) is 3.66. The van der Waals surface area contributed by atoms with Gasteiger partial charge >= 0.3 is 12.1 Å². The zero-order valence-electron chi connectivity index (χ0n) is 11.5. The van der Waals surface area contributed by atoms with Crippen molar-refractivity contribution in [2.45, 2.75) is 32.5 Å². The second-order valence-electron chi connectivity index (χ2n) is 4.93. The number of aryl methyl sites for hydroxylation is 1. The summed E-state index contributed by atoms with van der Waals surface area (Å²) in [6.45, 7) is 2.72. The molecule has 7 heteroatoms. The normalized spacial score (nSPS) is 16.9. The molecule has 1 aromatic rings. The highest BCUT2D eigenvalue weighted by molar-refractivity contribution is 5.84. The Morgan fingerprint density at radius 1 is 1.48 bits per heavy atom. The number of carboxylic acid groups (broad SMARTS) is 1. The molecule has 0 bridgehead atoms. The first-order valence-electron chi connectivity index (χ1n) is 6.64. The Balaban J connectivity index is 2.07. The number of alkyl halides is 3. The maximum atomic E-state index is 12.5. The van der Waals surface area contributed by atoms with Gasteiger partial charge in [0.25, 0.3) is 0 Å². The quantitative estimate of drug-likeness (QED) is 0.868. The number of halogens is 3. The fourth-order valence-electron chi connectivity index (χ4n) is 2.36. The van der Waals surface area contributed by atoms with Crippen LogP contribution in [0.2, 0.25) is 0 Å². The molecule has 4 nitrogen and oxygen atoms in total. The summed E-state index contributed by atoms with van der Waals surface area (Å²) in [4.78, 5) is 12.7. The van der Waals surface area contributed by atoms with Crippen molar-refractivity contribution in [1.82, 2.24) is 4.90 Å². The van der Waals surface area contributed by atoms with Crippen LogP contribution in [0.4, 0.5) is 13.2 Å². The van der Waals surface area contributed by atoms with Gasteiger partial charge in [0, 0.05) is 37.2 Å². The first-order chi connectivity index (χ1) is 9.81. The highest BCUT2D eigenvalue weighted by atomic mass is 19.4. The molecule has 0 aliphatic carbocycles. The lowest BCUT2D eigenvalue weighted by atomic mass is 10.1. The minimum atomic E-state index is -4.26. The van der Waals surface area contributed by atoms with E-state index in [0.29, 0.717) is 25.3 Å². The van der Waals surface area contributed by atoms with Crippen molar-refractivity contribution in [2.24, 2.45) is 0 Å². The highest BCUT2D eigenvalue weighted by Crippen LogP contribution is 2.30. The van der Waals surface area contributed by atoms with Crippen LogP contribution in [0.1, 0.15) is 35.2 Å². The zero-order chi connectivity index (χ0) is 15.6. The van der Waals surface area contributed by atoms with Gasteiger partial charge in [0.15, 0.2) is 0 Å². The van der Waals surface area contributed by atoms with Crippen molar-refractivity contribution in [1.29, 1.82) is 0 Å². The molecule has 2 rings (SSSR count). The first-order valence-corrected chi connectivity index (χ1v) is 6.64. The Morgan fingerprint density at radius 3 is 2.67 bits per heavy atom. The van der Waals surface area contributed by atoms with Crippen LogP contribution in [0.15, 0.2) is 22.1 Å². The molecule has 0 unspecified atom stereocenters. The van der Waals surface area contributed by atoms with Crippen molar-refractivity contribution in [3.05, 3.63) is 34.8 Å². The molecular weight excluding hydrogens is 287 g/mol. The van der Waals surface area contributed by atoms with Gasteiger partial charge in [0.2, 0.25) is 5.76 Å². The van der Waals surface area contributed by atoms with Crippen LogP contribution in [0.3, 0.4) is 0 Å². The van der Waals surface area contributed by atoms with Crippen molar-refractivity contribution in [2.75, 3.05) is 13.1 Å². The Kier molecular flexibility index (Phi) is 4.41. The topological polar surface area (TPSA) is 53.7 Å². The van der Waals surface area contributed by atoms with Crippen molar-refractivity contribution >= 4 is 5.97 Å². The average molecular weight is 303 g/mol. The van der Waals surface area contributed by atoms with Gasteiger partial charge in [-0.1, -0.05) is 13.0 Å². The second-order valence-corrected chi connectivity index (χ2v) is 4.93. The van der Waals surface area contributed by atoms with Crippen LogP contribution in [-0.4, -0.2) is 35.2 Å². The number of carbonyl (C=O) groups is 1. The number of aromatic carboxylic acids is 1. The summed E-state index contributed by atoms with van der Waals surface area (Å²) in [5, 5.41) is 8.91. The van der Waals surface area contributed by atoms with Crippen LogP contribution in [0.5, 0.6) is 0 Å². The number of nitrogens with zero attached hydrogens (tertiary/aromatic N) is 1. The SMILES string of the molecule is CCc1oc(C(=O)O)cc1CN1CC=C(C(F)(F)F)CC1. The molecular formula is C14H16F3NO3. The average Bonchev–Trinajstić information content (AvgIpc) is 2.81. The molecule has 0 amide bonds. The lowest BCUT2D eigenvalue weighted by molar-refractivity contribution is -0.0960. The molecule has 116 valence electrons. The number of furan rings is 1. The Bertz CT molecular complexity index is 560. The molecule has 0 fully saturated rings. The standard InChI is InChI=1S/C14H16F3NO3/c1-2-11-9(7-12(21-11)13(19)20)8-18-5-3-10(4-6-18)14(15,16)17/h3,7H,2,4-6,8H2,1H3,(H,19,20). The molecule has 1 aliphatic rings. The van der Waals surface area contributed by atoms with Gasteiger partial charge in [-0.25, -0.2) is 4.79 Å². The van der Waals surface area contributed by atoms with E-state index in [1.807, 2.05) is 11.8 Å². The first kappa shape index (κ1) is 15.6. The summed E-state index contributed by atoms with van der Waals surface area (Å²) in [7, 11) is 0. The van der Waals surface area contributed by atoms with Gasteiger partial charge in [0.1, 0.15) is 5.76 Å². The molecule has 0 aromatic carbocycles. The monoisotopic (exact) mass is 303 g/mol. The molecule has 21 heavy (non-hydrogen) atoms. The molecule has 1 aromatic heterocycles. The molecule has 0 saturated carbocycles. The number of rotatable bonds is 4. The Hall–Kier alpha value is -1.76.